The number of aromatic carboxylic acids is 1. The van der Waals surface area contributed by atoms with Crippen molar-refractivity contribution in [2.75, 3.05) is 37.8 Å². The predicted molar refractivity (Wildman–Crippen MR) is 103 cm³/mol. The van der Waals surface area contributed by atoms with Gasteiger partial charge in [0.05, 0.1) is 10.9 Å². The molecule has 1 atom stereocenters. The van der Waals surface area contributed by atoms with Gasteiger partial charge in [0.1, 0.15) is 23.7 Å². The second-order valence-corrected chi connectivity index (χ2v) is 7.73. The molecule has 156 valence electrons. The first-order chi connectivity index (χ1) is 13.9. The van der Waals surface area contributed by atoms with Crippen LogP contribution in [0.15, 0.2) is 17.1 Å². The lowest BCUT2D eigenvalue weighted by Crippen LogP contribution is -2.28. The molecule has 2 heterocycles. The third-order valence-corrected chi connectivity index (χ3v) is 5.66. The Morgan fingerprint density at radius 2 is 2.03 bits per heavy atom. The first-order valence-corrected chi connectivity index (χ1v) is 9.74. The highest BCUT2D eigenvalue weighted by atomic mass is 19.1. The summed E-state index contributed by atoms with van der Waals surface area (Å²) in [6, 6.07) is 0.857. The van der Waals surface area contributed by atoms with E-state index in [4.69, 9.17) is 0 Å². The van der Waals surface area contributed by atoms with Gasteiger partial charge in [-0.05, 0) is 37.8 Å². The number of carbonyl (C=O) groups is 1. The minimum absolute atomic E-state index is 0.0436. The van der Waals surface area contributed by atoms with E-state index < -0.39 is 35.3 Å². The predicted octanol–water partition coefficient (Wildman–Crippen LogP) is 2.70. The first-order valence-electron chi connectivity index (χ1n) is 9.74. The number of fused-ring (bicyclic) bond motifs is 1. The minimum atomic E-state index is -1.42. The Kier molecular flexibility index (Phi) is 5.24. The zero-order valence-corrected chi connectivity index (χ0v) is 15.8. The summed E-state index contributed by atoms with van der Waals surface area (Å²) < 4.78 is 44.1. The van der Waals surface area contributed by atoms with Crippen molar-refractivity contribution in [1.29, 1.82) is 0 Å². The Balaban J connectivity index is 1.77. The van der Waals surface area contributed by atoms with E-state index in [0.717, 1.165) is 18.9 Å². The molecule has 1 aromatic heterocycles. The molecule has 1 saturated heterocycles. The molecule has 0 spiro atoms. The van der Waals surface area contributed by atoms with Crippen LogP contribution in [0.3, 0.4) is 0 Å². The third-order valence-electron chi connectivity index (χ3n) is 5.66. The molecule has 2 aromatic rings. The van der Waals surface area contributed by atoms with Crippen molar-refractivity contribution in [3.05, 3.63) is 39.7 Å². The summed E-state index contributed by atoms with van der Waals surface area (Å²) in [6.45, 7) is 1.20. The van der Waals surface area contributed by atoms with Crippen molar-refractivity contribution in [2.24, 2.45) is 5.92 Å². The zero-order chi connectivity index (χ0) is 20.7. The number of rotatable bonds is 7. The van der Waals surface area contributed by atoms with Gasteiger partial charge < -0.3 is 19.9 Å². The molecule has 29 heavy (non-hydrogen) atoms. The Morgan fingerprint density at radius 3 is 2.69 bits per heavy atom. The Labute approximate surface area is 164 Å². The van der Waals surface area contributed by atoms with Crippen LogP contribution in [0, 0.1) is 17.6 Å². The SMILES string of the molecule is O=C(O)c1cn(C2CC2)c2c(F)c(N3CCC(CNCCF)C3)c(F)cc2c1=O. The maximum atomic E-state index is 15.5. The number of hydrogen-bond acceptors (Lipinski definition) is 4. The maximum absolute atomic E-state index is 15.5. The van der Waals surface area contributed by atoms with Gasteiger partial charge in [-0.15, -0.1) is 0 Å². The molecule has 9 heteroatoms. The average Bonchev–Trinajstić information content (AvgIpc) is 3.42. The van der Waals surface area contributed by atoms with Crippen LogP contribution in [0.2, 0.25) is 0 Å². The average molecular weight is 409 g/mol. The van der Waals surface area contributed by atoms with Gasteiger partial charge in [0.25, 0.3) is 0 Å². The number of pyridine rings is 1. The van der Waals surface area contributed by atoms with Crippen molar-refractivity contribution in [3.63, 3.8) is 0 Å². The van der Waals surface area contributed by atoms with Gasteiger partial charge >= 0.3 is 5.97 Å². The van der Waals surface area contributed by atoms with Gasteiger partial charge in [0, 0.05) is 31.9 Å². The Morgan fingerprint density at radius 1 is 1.28 bits per heavy atom. The van der Waals surface area contributed by atoms with Gasteiger partial charge in [0.2, 0.25) is 5.43 Å². The highest BCUT2D eigenvalue weighted by Gasteiger charge is 2.32. The van der Waals surface area contributed by atoms with Crippen molar-refractivity contribution in [1.82, 2.24) is 9.88 Å². The van der Waals surface area contributed by atoms with E-state index in [2.05, 4.69) is 5.32 Å². The van der Waals surface area contributed by atoms with Crippen molar-refractivity contribution in [2.45, 2.75) is 25.3 Å². The number of carboxylic acids is 1. The number of hydrogen-bond donors (Lipinski definition) is 2. The number of anilines is 1. The van der Waals surface area contributed by atoms with E-state index in [0.29, 0.717) is 26.1 Å². The summed E-state index contributed by atoms with van der Waals surface area (Å²) >= 11 is 0. The molecule has 0 amide bonds. The van der Waals surface area contributed by atoms with Gasteiger partial charge in [0.15, 0.2) is 5.82 Å². The van der Waals surface area contributed by atoms with Crippen LogP contribution in [0.4, 0.5) is 18.9 Å². The topological polar surface area (TPSA) is 74.6 Å². The van der Waals surface area contributed by atoms with E-state index in [1.807, 2.05) is 0 Å². The van der Waals surface area contributed by atoms with Crippen LogP contribution in [-0.4, -0.2) is 48.5 Å². The summed E-state index contributed by atoms with van der Waals surface area (Å²) in [7, 11) is 0. The van der Waals surface area contributed by atoms with Gasteiger partial charge in [-0.2, -0.15) is 0 Å². The van der Waals surface area contributed by atoms with E-state index in [1.165, 1.54) is 10.8 Å². The molecule has 2 N–H and O–H groups in total. The quantitative estimate of drug-likeness (QED) is 0.688. The molecular weight excluding hydrogens is 387 g/mol. The molecule has 1 saturated carbocycles. The molecular formula is C20H22F3N3O3. The number of nitrogens with zero attached hydrogens (tertiary/aromatic N) is 2. The molecule has 0 bridgehead atoms. The summed E-state index contributed by atoms with van der Waals surface area (Å²) in [5, 5.41) is 12.0. The van der Waals surface area contributed by atoms with Gasteiger partial charge in [-0.25, -0.2) is 18.0 Å². The summed E-state index contributed by atoms with van der Waals surface area (Å²) in [5.41, 5.74) is -1.61. The lowest BCUT2D eigenvalue weighted by atomic mass is 10.1. The largest absolute Gasteiger partial charge is 0.477 e. The van der Waals surface area contributed by atoms with Crippen LogP contribution >= 0.6 is 0 Å². The standard InChI is InChI=1S/C20H22F3N3O3/c21-4-5-24-8-11-3-6-25(9-11)18-15(22)7-13-17(16(18)23)26(12-1-2-12)10-14(19(13)27)20(28)29/h7,10-12,24H,1-6,8-9H2,(H,28,29). The number of aromatic nitrogens is 1. The molecule has 0 radical (unpaired) electrons. The smallest absolute Gasteiger partial charge is 0.341 e. The van der Waals surface area contributed by atoms with Crippen LogP contribution in [-0.2, 0) is 0 Å². The molecule has 2 fully saturated rings. The third kappa shape index (κ3) is 3.59. The maximum Gasteiger partial charge on any atom is 0.341 e. The van der Waals surface area contributed by atoms with E-state index >= 15 is 4.39 Å². The Bertz CT molecular complexity index is 1020. The van der Waals surface area contributed by atoms with E-state index in [9.17, 15) is 23.5 Å². The molecule has 1 unspecified atom stereocenters. The van der Waals surface area contributed by atoms with E-state index in [1.54, 1.807) is 4.90 Å². The summed E-state index contributed by atoms with van der Waals surface area (Å²) in [4.78, 5) is 25.5. The number of alkyl halides is 1. The van der Waals surface area contributed by atoms with Crippen molar-refractivity contribution in [3.8, 4) is 0 Å². The molecule has 1 aliphatic heterocycles. The Hall–Kier alpha value is -2.55. The summed E-state index contributed by atoms with van der Waals surface area (Å²) in [6.07, 6.45) is 3.37. The first kappa shape index (κ1) is 19.8. The second kappa shape index (κ2) is 7.70. The van der Waals surface area contributed by atoms with Gasteiger partial charge in [-0.3, -0.25) is 4.79 Å². The highest BCUT2D eigenvalue weighted by molar-refractivity contribution is 5.94. The number of benzene rings is 1. The molecule has 2 aliphatic rings. The van der Waals surface area contributed by atoms with Crippen LogP contribution in [0.1, 0.15) is 35.7 Å². The zero-order valence-electron chi connectivity index (χ0n) is 15.8. The molecule has 4 rings (SSSR count). The molecule has 6 nitrogen and oxygen atoms in total. The highest BCUT2D eigenvalue weighted by Crippen LogP contribution is 2.40. The monoisotopic (exact) mass is 409 g/mol. The van der Waals surface area contributed by atoms with Crippen LogP contribution < -0.4 is 15.6 Å². The second-order valence-electron chi connectivity index (χ2n) is 7.73. The molecule has 1 aliphatic carbocycles. The fourth-order valence-electron chi connectivity index (χ4n) is 4.09. The fourth-order valence-corrected chi connectivity index (χ4v) is 4.09. The fraction of sp³-hybridized carbons (Fsp3) is 0.500. The van der Waals surface area contributed by atoms with Crippen molar-refractivity contribution >= 4 is 22.6 Å². The number of carboxylic acid groups (broad SMARTS) is 1. The van der Waals surface area contributed by atoms with Crippen LogP contribution in [0.25, 0.3) is 10.9 Å². The number of nitrogens with one attached hydrogen (secondary N) is 1. The normalized spacial score (nSPS) is 19.3. The van der Waals surface area contributed by atoms with Crippen molar-refractivity contribution < 1.29 is 23.1 Å². The molecule has 1 aromatic carbocycles. The van der Waals surface area contributed by atoms with Gasteiger partial charge in [-0.1, -0.05) is 0 Å². The van der Waals surface area contributed by atoms with E-state index in [-0.39, 0.29) is 35.1 Å². The summed E-state index contributed by atoms with van der Waals surface area (Å²) in [5.74, 6) is -3.00. The lowest BCUT2D eigenvalue weighted by molar-refractivity contribution is 0.0694. The lowest BCUT2D eigenvalue weighted by Gasteiger charge is -2.22. The minimum Gasteiger partial charge on any atom is -0.477 e. The van der Waals surface area contributed by atoms with Crippen LogP contribution in [0.5, 0.6) is 0 Å². The number of halogens is 3.